The summed E-state index contributed by atoms with van der Waals surface area (Å²) in [5.74, 6) is 1.07. The summed E-state index contributed by atoms with van der Waals surface area (Å²) in [5, 5.41) is 0. The Labute approximate surface area is 90.5 Å². The van der Waals surface area contributed by atoms with Crippen LogP contribution in [0.15, 0.2) is 16.7 Å². The minimum atomic E-state index is 0.371. The van der Waals surface area contributed by atoms with E-state index in [9.17, 15) is 0 Å². The first kappa shape index (κ1) is 11.7. The van der Waals surface area contributed by atoms with Crippen LogP contribution in [0.25, 0.3) is 11.1 Å². The Morgan fingerprint density at radius 2 is 1.93 bits per heavy atom. The smallest absolute Gasteiger partial charge is 0.192 e. The first-order valence-corrected chi connectivity index (χ1v) is 5.40. The number of pyridine rings is 1. The van der Waals surface area contributed by atoms with Gasteiger partial charge in [0.25, 0.3) is 0 Å². The molecule has 3 heteroatoms. The maximum Gasteiger partial charge on any atom is 0.192 e. The lowest BCUT2D eigenvalue weighted by Gasteiger charge is -2.02. The number of rotatable bonds is 1. The molecule has 0 aliphatic carbocycles. The third-order valence-corrected chi connectivity index (χ3v) is 1.99. The van der Waals surface area contributed by atoms with Crippen LogP contribution in [0.5, 0.6) is 0 Å². The van der Waals surface area contributed by atoms with Gasteiger partial charge in [0.15, 0.2) is 11.5 Å². The van der Waals surface area contributed by atoms with Crippen molar-refractivity contribution in [2.45, 2.75) is 40.5 Å². The van der Waals surface area contributed by atoms with E-state index in [1.165, 1.54) is 0 Å². The molecule has 0 unspecified atom stereocenters. The molecular formula is C12H18N2O. The van der Waals surface area contributed by atoms with E-state index in [0.717, 1.165) is 16.8 Å². The molecule has 0 fully saturated rings. The second-order valence-electron chi connectivity index (χ2n) is 3.43. The topological polar surface area (TPSA) is 38.9 Å². The second kappa shape index (κ2) is 4.91. The molecule has 2 heterocycles. The van der Waals surface area contributed by atoms with Crippen LogP contribution in [-0.2, 0) is 0 Å². The summed E-state index contributed by atoms with van der Waals surface area (Å²) in [6, 6.07) is 1.87. The summed E-state index contributed by atoms with van der Waals surface area (Å²) in [6.07, 6.45) is 1.78. The van der Waals surface area contributed by atoms with Gasteiger partial charge in [0.05, 0.1) is 5.69 Å². The largest absolute Gasteiger partial charge is 0.439 e. The van der Waals surface area contributed by atoms with Crippen molar-refractivity contribution in [1.82, 2.24) is 9.97 Å². The molecule has 0 aromatic carbocycles. The Hall–Kier alpha value is -1.38. The Balaban J connectivity index is 0.000000531. The molecule has 82 valence electrons. The summed E-state index contributed by atoms with van der Waals surface area (Å²) >= 11 is 0. The highest BCUT2D eigenvalue weighted by atomic mass is 16.3. The van der Waals surface area contributed by atoms with Crippen LogP contribution >= 0.6 is 0 Å². The van der Waals surface area contributed by atoms with Crippen LogP contribution in [0.3, 0.4) is 0 Å². The zero-order valence-corrected chi connectivity index (χ0v) is 10.0. The fourth-order valence-electron chi connectivity index (χ4n) is 1.40. The lowest BCUT2D eigenvalue weighted by molar-refractivity contribution is 0.553. The summed E-state index contributed by atoms with van der Waals surface area (Å²) in [6.45, 7) is 10.0. The van der Waals surface area contributed by atoms with Crippen LogP contribution in [0, 0.1) is 6.92 Å². The molecule has 0 bridgehead atoms. The molecular weight excluding hydrogens is 188 g/mol. The predicted octanol–water partition coefficient (Wildman–Crippen LogP) is 3.68. The van der Waals surface area contributed by atoms with Crippen LogP contribution in [0.2, 0.25) is 0 Å². The number of oxazole rings is 1. The molecule has 0 spiro atoms. The summed E-state index contributed by atoms with van der Waals surface area (Å²) in [7, 11) is 0. The minimum Gasteiger partial charge on any atom is -0.439 e. The maximum absolute atomic E-state index is 5.49. The molecule has 2 aromatic rings. The van der Waals surface area contributed by atoms with E-state index in [1.807, 2.05) is 26.8 Å². The highest BCUT2D eigenvalue weighted by Gasteiger charge is 2.11. The summed E-state index contributed by atoms with van der Waals surface area (Å²) in [4.78, 5) is 8.54. The lowest BCUT2D eigenvalue weighted by atomic mass is 10.1. The SMILES string of the molecule is CC.Cc1nc2ccnc(C(C)C)c2o1. The lowest BCUT2D eigenvalue weighted by Crippen LogP contribution is -1.91. The van der Waals surface area contributed by atoms with Crippen molar-refractivity contribution in [3.05, 3.63) is 23.8 Å². The van der Waals surface area contributed by atoms with Gasteiger partial charge in [-0.05, 0) is 12.0 Å². The highest BCUT2D eigenvalue weighted by molar-refractivity contribution is 5.74. The standard InChI is InChI=1S/C10H12N2O.C2H6/c1-6(2)9-10-8(4-5-11-9)12-7(3)13-10;1-2/h4-6H,1-3H3;1-2H3. The molecule has 3 nitrogen and oxygen atoms in total. The molecule has 0 aliphatic heterocycles. The van der Waals surface area contributed by atoms with Gasteiger partial charge in [0, 0.05) is 13.1 Å². The molecule has 2 aromatic heterocycles. The Morgan fingerprint density at radius 1 is 1.27 bits per heavy atom. The predicted molar refractivity (Wildman–Crippen MR) is 62.0 cm³/mol. The van der Waals surface area contributed by atoms with Gasteiger partial charge in [-0.15, -0.1) is 0 Å². The molecule has 0 saturated heterocycles. The number of nitrogens with zero attached hydrogens (tertiary/aromatic N) is 2. The van der Waals surface area contributed by atoms with Gasteiger partial charge >= 0.3 is 0 Å². The molecule has 0 saturated carbocycles. The zero-order valence-electron chi connectivity index (χ0n) is 10.0. The number of aromatic nitrogens is 2. The van der Waals surface area contributed by atoms with Crippen LogP contribution in [0.4, 0.5) is 0 Å². The van der Waals surface area contributed by atoms with Crippen LogP contribution in [-0.4, -0.2) is 9.97 Å². The monoisotopic (exact) mass is 206 g/mol. The molecule has 15 heavy (non-hydrogen) atoms. The molecule has 0 radical (unpaired) electrons. The van der Waals surface area contributed by atoms with Crippen molar-refractivity contribution in [2.75, 3.05) is 0 Å². The Kier molecular flexibility index (Phi) is 3.83. The number of aryl methyl sites for hydroxylation is 1. The van der Waals surface area contributed by atoms with E-state index in [0.29, 0.717) is 11.8 Å². The van der Waals surface area contributed by atoms with Gasteiger partial charge in [-0.2, -0.15) is 0 Å². The maximum atomic E-state index is 5.49. The van der Waals surface area contributed by atoms with Crippen molar-refractivity contribution in [2.24, 2.45) is 0 Å². The molecule has 0 amide bonds. The van der Waals surface area contributed by atoms with Crippen LogP contribution in [0.1, 0.15) is 45.2 Å². The van der Waals surface area contributed by atoms with Gasteiger partial charge in [-0.3, -0.25) is 4.98 Å². The Morgan fingerprint density at radius 3 is 2.53 bits per heavy atom. The van der Waals surface area contributed by atoms with Gasteiger partial charge in [0.2, 0.25) is 0 Å². The van der Waals surface area contributed by atoms with Crippen LogP contribution < -0.4 is 0 Å². The van der Waals surface area contributed by atoms with Gasteiger partial charge in [0.1, 0.15) is 5.52 Å². The van der Waals surface area contributed by atoms with Crippen molar-refractivity contribution in [1.29, 1.82) is 0 Å². The quantitative estimate of drug-likeness (QED) is 0.714. The van der Waals surface area contributed by atoms with Crippen molar-refractivity contribution >= 4 is 11.1 Å². The molecule has 2 rings (SSSR count). The van der Waals surface area contributed by atoms with Gasteiger partial charge in [-0.25, -0.2) is 4.98 Å². The first-order valence-electron chi connectivity index (χ1n) is 5.40. The van der Waals surface area contributed by atoms with E-state index in [4.69, 9.17) is 4.42 Å². The first-order chi connectivity index (χ1) is 7.18. The van der Waals surface area contributed by atoms with Crippen molar-refractivity contribution in [3.63, 3.8) is 0 Å². The summed E-state index contributed by atoms with van der Waals surface area (Å²) < 4.78 is 5.49. The average Bonchev–Trinajstić information content (AvgIpc) is 2.60. The van der Waals surface area contributed by atoms with Gasteiger partial charge < -0.3 is 4.42 Å². The van der Waals surface area contributed by atoms with E-state index >= 15 is 0 Å². The normalized spacial score (nSPS) is 10.3. The molecule has 0 atom stereocenters. The number of hydrogen-bond donors (Lipinski definition) is 0. The third-order valence-electron chi connectivity index (χ3n) is 1.99. The Bertz CT molecular complexity index is 432. The molecule has 0 N–H and O–H groups in total. The average molecular weight is 206 g/mol. The zero-order chi connectivity index (χ0) is 11.4. The number of hydrogen-bond acceptors (Lipinski definition) is 3. The van der Waals surface area contributed by atoms with E-state index in [2.05, 4.69) is 23.8 Å². The van der Waals surface area contributed by atoms with E-state index < -0.39 is 0 Å². The van der Waals surface area contributed by atoms with E-state index in [1.54, 1.807) is 6.20 Å². The third kappa shape index (κ3) is 2.35. The summed E-state index contributed by atoms with van der Waals surface area (Å²) in [5.41, 5.74) is 2.71. The fraction of sp³-hybridized carbons (Fsp3) is 0.500. The number of fused-ring (bicyclic) bond motifs is 1. The van der Waals surface area contributed by atoms with Crippen molar-refractivity contribution < 1.29 is 4.42 Å². The van der Waals surface area contributed by atoms with Crippen molar-refractivity contribution in [3.8, 4) is 0 Å². The molecule has 0 aliphatic rings. The van der Waals surface area contributed by atoms with E-state index in [-0.39, 0.29) is 0 Å². The minimum absolute atomic E-state index is 0.371. The second-order valence-corrected chi connectivity index (χ2v) is 3.43. The fourth-order valence-corrected chi connectivity index (χ4v) is 1.40. The highest BCUT2D eigenvalue weighted by Crippen LogP contribution is 2.23. The van der Waals surface area contributed by atoms with Gasteiger partial charge in [-0.1, -0.05) is 27.7 Å².